The Morgan fingerprint density at radius 2 is 1.79 bits per heavy atom. The molecule has 1 aliphatic heterocycles. The largest absolute Gasteiger partial charge is 0.497 e. The average molecular weight is 483 g/mol. The van der Waals surface area contributed by atoms with Crippen LogP contribution in [0.15, 0.2) is 64.3 Å². The van der Waals surface area contributed by atoms with Crippen molar-refractivity contribution in [1.82, 2.24) is 9.88 Å². The van der Waals surface area contributed by atoms with E-state index < -0.39 is 0 Å². The van der Waals surface area contributed by atoms with Gasteiger partial charge in [-0.05, 0) is 36.4 Å². The van der Waals surface area contributed by atoms with Gasteiger partial charge in [0.05, 0.1) is 25.0 Å². The number of ether oxygens (including phenoxy) is 1. The molecule has 1 aliphatic rings. The van der Waals surface area contributed by atoms with E-state index in [0.29, 0.717) is 19.5 Å². The molecule has 0 atom stereocenters. The number of nitrogens with zero attached hydrogens (tertiary/aromatic N) is 3. The third-order valence-corrected chi connectivity index (χ3v) is 7.39. The van der Waals surface area contributed by atoms with Crippen molar-refractivity contribution in [2.45, 2.75) is 10.8 Å². The van der Waals surface area contributed by atoms with Crippen LogP contribution in [0.2, 0.25) is 0 Å². The molecule has 172 valence electrons. The van der Waals surface area contributed by atoms with Gasteiger partial charge in [0.1, 0.15) is 5.75 Å². The zero-order valence-electron chi connectivity index (χ0n) is 18.4. The second-order valence-corrected chi connectivity index (χ2v) is 9.63. The van der Waals surface area contributed by atoms with Crippen LogP contribution in [0.3, 0.4) is 0 Å². The fourth-order valence-corrected chi connectivity index (χ4v) is 5.20. The summed E-state index contributed by atoms with van der Waals surface area (Å²) in [5.74, 6) is 0.996. The van der Waals surface area contributed by atoms with Crippen LogP contribution in [0.25, 0.3) is 0 Å². The highest BCUT2D eigenvalue weighted by Crippen LogP contribution is 2.24. The highest BCUT2D eigenvalue weighted by atomic mass is 32.2. The Bertz CT molecular complexity index is 1060. The predicted octanol–water partition coefficient (Wildman–Crippen LogP) is 3.77. The van der Waals surface area contributed by atoms with E-state index in [0.717, 1.165) is 34.6 Å². The minimum absolute atomic E-state index is 0.0989. The zero-order valence-corrected chi connectivity index (χ0v) is 20.0. The quantitative estimate of drug-likeness (QED) is 0.493. The molecule has 2 heterocycles. The summed E-state index contributed by atoms with van der Waals surface area (Å²) in [5, 5.41) is 4.76. The van der Waals surface area contributed by atoms with Gasteiger partial charge in [-0.25, -0.2) is 4.98 Å². The van der Waals surface area contributed by atoms with Gasteiger partial charge in [0, 0.05) is 42.9 Å². The molecule has 0 aliphatic carbocycles. The molecule has 2 aromatic carbocycles. The molecule has 0 bridgehead atoms. The summed E-state index contributed by atoms with van der Waals surface area (Å²) in [6.07, 6.45) is 0.292. The van der Waals surface area contributed by atoms with E-state index in [-0.39, 0.29) is 17.6 Å². The molecule has 1 saturated heterocycles. The second-order valence-electron chi connectivity index (χ2n) is 7.55. The number of piperazine rings is 1. The fraction of sp³-hybridized carbons (Fsp3) is 0.292. The van der Waals surface area contributed by atoms with Crippen molar-refractivity contribution in [1.29, 1.82) is 0 Å². The number of thioether (sulfide) groups is 1. The lowest BCUT2D eigenvalue weighted by molar-refractivity contribution is -0.130. The van der Waals surface area contributed by atoms with Crippen LogP contribution in [-0.2, 0) is 16.0 Å². The van der Waals surface area contributed by atoms with Gasteiger partial charge >= 0.3 is 0 Å². The number of aromatic nitrogens is 1. The van der Waals surface area contributed by atoms with Gasteiger partial charge in [0.2, 0.25) is 11.8 Å². The zero-order chi connectivity index (χ0) is 23.0. The first-order valence-electron chi connectivity index (χ1n) is 10.7. The minimum atomic E-state index is -0.103. The number of methoxy groups -OCH3 is 1. The predicted molar refractivity (Wildman–Crippen MR) is 133 cm³/mol. The number of carbonyl (C=O) groups excluding carboxylic acids is 2. The molecule has 1 fully saturated rings. The van der Waals surface area contributed by atoms with Crippen LogP contribution < -0.4 is 15.0 Å². The van der Waals surface area contributed by atoms with E-state index >= 15 is 0 Å². The van der Waals surface area contributed by atoms with Gasteiger partial charge in [-0.1, -0.05) is 30.0 Å². The first-order chi connectivity index (χ1) is 16.1. The van der Waals surface area contributed by atoms with E-state index in [1.165, 1.54) is 28.8 Å². The Morgan fingerprint density at radius 1 is 1.06 bits per heavy atom. The molecule has 7 nitrogen and oxygen atoms in total. The monoisotopic (exact) mass is 482 g/mol. The topological polar surface area (TPSA) is 74.8 Å². The Kier molecular flexibility index (Phi) is 7.85. The highest BCUT2D eigenvalue weighted by molar-refractivity contribution is 8.01. The lowest BCUT2D eigenvalue weighted by Crippen LogP contribution is -2.49. The summed E-state index contributed by atoms with van der Waals surface area (Å²) in [6.45, 7) is 3.09. The van der Waals surface area contributed by atoms with Crippen LogP contribution in [0.4, 0.5) is 11.4 Å². The number of hydrogen-bond donors (Lipinski definition) is 1. The normalized spacial score (nSPS) is 13.6. The van der Waals surface area contributed by atoms with Crippen LogP contribution >= 0.6 is 23.1 Å². The Labute approximate surface area is 201 Å². The van der Waals surface area contributed by atoms with E-state index in [2.05, 4.69) is 27.3 Å². The molecule has 0 spiro atoms. The SMILES string of the molecule is COc1ccc(NC(=O)CSc2nc(CC(=O)N3CCN(c4ccccc4)CC3)cs2)cc1. The number of nitrogens with one attached hydrogen (secondary N) is 1. The van der Waals surface area contributed by atoms with Gasteiger partial charge in [-0.2, -0.15) is 0 Å². The summed E-state index contributed by atoms with van der Waals surface area (Å²) in [6, 6.07) is 17.5. The van der Waals surface area contributed by atoms with Gasteiger partial charge in [0.15, 0.2) is 4.34 Å². The number of benzene rings is 2. The molecule has 3 aromatic rings. The summed E-state index contributed by atoms with van der Waals surface area (Å²) in [7, 11) is 1.60. The van der Waals surface area contributed by atoms with Gasteiger partial charge in [0.25, 0.3) is 0 Å². The lowest BCUT2D eigenvalue weighted by atomic mass is 10.2. The second kappa shape index (κ2) is 11.2. The summed E-state index contributed by atoms with van der Waals surface area (Å²) in [4.78, 5) is 33.7. The van der Waals surface area contributed by atoms with Crippen molar-refractivity contribution in [3.63, 3.8) is 0 Å². The van der Waals surface area contributed by atoms with E-state index in [1.54, 1.807) is 31.4 Å². The Hall–Kier alpha value is -3.04. The molecule has 2 amide bonds. The Balaban J connectivity index is 1.20. The van der Waals surface area contributed by atoms with E-state index in [1.807, 2.05) is 28.5 Å². The molecule has 33 heavy (non-hydrogen) atoms. The smallest absolute Gasteiger partial charge is 0.234 e. The summed E-state index contributed by atoms with van der Waals surface area (Å²) < 4.78 is 5.91. The number of amides is 2. The van der Waals surface area contributed by atoms with E-state index in [4.69, 9.17) is 4.74 Å². The molecule has 0 radical (unpaired) electrons. The number of thiazole rings is 1. The third-order valence-electron chi connectivity index (χ3n) is 5.32. The maximum atomic E-state index is 12.7. The first-order valence-corrected chi connectivity index (χ1v) is 12.6. The molecular formula is C24H26N4O3S2. The molecular weight excluding hydrogens is 456 g/mol. The number of para-hydroxylation sites is 1. The average Bonchev–Trinajstić information content (AvgIpc) is 3.31. The van der Waals surface area contributed by atoms with Crippen molar-refractivity contribution < 1.29 is 14.3 Å². The standard InChI is InChI=1S/C24H26N4O3S2/c1-31-21-9-7-18(8-10-21)25-22(29)17-33-24-26-19(16-32-24)15-23(30)28-13-11-27(12-14-28)20-5-3-2-4-6-20/h2-10,16H,11-15,17H2,1H3,(H,25,29). The van der Waals surface area contributed by atoms with Gasteiger partial charge < -0.3 is 19.9 Å². The molecule has 4 rings (SSSR count). The van der Waals surface area contributed by atoms with Crippen molar-refractivity contribution in [3.8, 4) is 5.75 Å². The van der Waals surface area contributed by atoms with Gasteiger partial charge in [-0.15, -0.1) is 11.3 Å². The summed E-state index contributed by atoms with van der Waals surface area (Å²) in [5.41, 5.74) is 2.68. The highest BCUT2D eigenvalue weighted by Gasteiger charge is 2.22. The Morgan fingerprint density at radius 3 is 2.48 bits per heavy atom. The van der Waals surface area contributed by atoms with Crippen LogP contribution in [0, 0.1) is 0 Å². The van der Waals surface area contributed by atoms with Crippen molar-refractivity contribution in [2.75, 3.05) is 49.3 Å². The van der Waals surface area contributed by atoms with Gasteiger partial charge in [-0.3, -0.25) is 9.59 Å². The molecule has 1 N–H and O–H groups in total. The molecule has 1 aromatic heterocycles. The van der Waals surface area contributed by atoms with Crippen LogP contribution in [0.1, 0.15) is 5.69 Å². The number of rotatable bonds is 8. The molecule has 9 heteroatoms. The number of carbonyl (C=O) groups is 2. The molecule has 0 unspecified atom stereocenters. The number of anilines is 2. The maximum Gasteiger partial charge on any atom is 0.234 e. The van der Waals surface area contributed by atoms with Crippen molar-refractivity contribution in [3.05, 3.63) is 65.7 Å². The van der Waals surface area contributed by atoms with Crippen molar-refractivity contribution in [2.24, 2.45) is 0 Å². The van der Waals surface area contributed by atoms with Crippen molar-refractivity contribution >= 4 is 46.3 Å². The molecule has 0 saturated carbocycles. The van der Waals surface area contributed by atoms with Crippen LogP contribution in [-0.4, -0.2) is 60.7 Å². The number of hydrogen-bond acceptors (Lipinski definition) is 7. The third kappa shape index (κ3) is 6.49. The summed E-state index contributed by atoms with van der Waals surface area (Å²) >= 11 is 2.84. The lowest BCUT2D eigenvalue weighted by Gasteiger charge is -2.36. The first kappa shape index (κ1) is 23.1. The maximum absolute atomic E-state index is 12.7. The van der Waals surface area contributed by atoms with E-state index in [9.17, 15) is 9.59 Å². The van der Waals surface area contributed by atoms with Crippen LogP contribution in [0.5, 0.6) is 5.75 Å². The fourth-order valence-electron chi connectivity index (χ4n) is 3.55. The minimum Gasteiger partial charge on any atom is -0.497 e.